The van der Waals surface area contributed by atoms with Crippen molar-refractivity contribution in [2.75, 3.05) is 37.2 Å². The van der Waals surface area contributed by atoms with E-state index in [1.54, 1.807) is 18.8 Å². The average molecular weight is 289 g/mol. The zero-order valence-electron chi connectivity index (χ0n) is 9.30. The van der Waals surface area contributed by atoms with Gasteiger partial charge in [-0.2, -0.15) is 0 Å². The van der Waals surface area contributed by atoms with Gasteiger partial charge < -0.3 is 4.90 Å². The number of halogens is 1. The number of nitrogens with one attached hydrogen (secondary N) is 1. The molecular formula is C8H17ClN2O3S2. The summed E-state index contributed by atoms with van der Waals surface area (Å²) in [7, 11) is -1.36. The van der Waals surface area contributed by atoms with Crippen molar-refractivity contribution < 1.29 is 13.2 Å². The zero-order valence-corrected chi connectivity index (χ0v) is 11.8. The predicted octanol–water partition coefficient (Wildman–Crippen LogP) is -0.426. The van der Waals surface area contributed by atoms with Crippen LogP contribution in [0.15, 0.2) is 0 Å². The second-order valence-corrected chi connectivity index (χ2v) is 6.95. The first kappa shape index (κ1) is 16.0. The van der Waals surface area contributed by atoms with Gasteiger partial charge in [-0.05, 0) is 0 Å². The second-order valence-electron chi connectivity index (χ2n) is 3.66. The summed E-state index contributed by atoms with van der Waals surface area (Å²) in [6, 6.07) is -0.153. The van der Waals surface area contributed by atoms with Crippen molar-refractivity contribution in [2.45, 2.75) is 6.04 Å². The highest BCUT2D eigenvalue weighted by atomic mass is 35.5. The van der Waals surface area contributed by atoms with Crippen molar-refractivity contribution >= 4 is 39.9 Å². The van der Waals surface area contributed by atoms with Crippen molar-refractivity contribution in [3.05, 3.63) is 0 Å². The Labute approximate surface area is 107 Å². The Kier molecular flexibility index (Phi) is 6.69. The van der Waals surface area contributed by atoms with Gasteiger partial charge >= 0.3 is 0 Å². The van der Waals surface area contributed by atoms with Crippen LogP contribution in [0.1, 0.15) is 0 Å². The molecule has 1 atom stereocenters. The Bertz CT molecular complexity index is 328. The minimum absolute atomic E-state index is 0. The van der Waals surface area contributed by atoms with Crippen LogP contribution in [0.25, 0.3) is 0 Å². The molecule has 0 radical (unpaired) electrons. The second kappa shape index (κ2) is 6.68. The smallest absolute Gasteiger partial charge is 0.240 e. The molecule has 1 aliphatic rings. The number of likely N-dealkylation sites (N-methyl/N-ethyl adjacent to an activating group) is 1. The molecule has 16 heavy (non-hydrogen) atoms. The molecule has 5 nitrogen and oxygen atoms in total. The number of thioether (sulfide) groups is 1. The zero-order chi connectivity index (χ0) is 11.5. The Morgan fingerprint density at radius 2 is 2.19 bits per heavy atom. The van der Waals surface area contributed by atoms with E-state index in [9.17, 15) is 13.2 Å². The van der Waals surface area contributed by atoms with Crippen LogP contribution in [0, 0.1) is 0 Å². The molecule has 0 spiro atoms. The van der Waals surface area contributed by atoms with E-state index in [0.717, 1.165) is 11.6 Å². The molecular weight excluding hydrogens is 272 g/mol. The van der Waals surface area contributed by atoms with Crippen LogP contribution in [-0.2, 0) is 14.6 Å². The van der Waals surface area contributed by atoms with Crippen LogP contribution in [0.5, 0.6) is 0 Å². The van der Waals surface area contributed by atoms with Crippen molar-refractivity contribution in [1.82, 2.24) is 10.2 Å². The van der Waals surface area contributed by atoms with Gasteiger partial charge in [0.1, 0.15) is 9.84 Å². The number of amides is 1. The Hall–Kier alpha value is 0.0200. The van der Waals surface area contributed by atoms with E-state index >= 15 is 0 Å². The predicted molar refractivity (Wildman–Crippen MR) is 68.8 cm³/mol. The van der Waals surface area contributed by atoms with E-state index in [-0.39, 0.29) is 36.7 Å². The summed E-state index contributed by atoms with van der Waals surface area (Å²) in [5, 5.41) is 3.06. The highest BCUT2D eigenvalue weighted by molar-refractivity contribution is 7.99. The lowest BCUT2D eigenvalue weighted by atomic mass is 10.3. The summed E-state index contributed by atoms with van der Waals surface area (Å²) in [6.07, 6.45) is 1.18. The van der Waals surface area contributed by atoms with Gasteiger partial charge in [0, 0.05) is 31.5 Å². The van der Waals surface area contributed by atoms with E-state index in [4.69, 9.17) is 0 Å². The molecule has 0 aliphatic carbocycles. The molecule has 0 aromatic rings. The van der Waals surface area contributed by atoms with E-state index < -0.39 is 9.84 Å². The first-order valence-corrected chi connectivity index (χ1v) is 7.85. The quantitative estimate of drug-likeness (QED) is 0.761. The molecule has 1 unspecified atom stereocenters. The van der Waals surface area contributed by atoms with Crippen molar-refractivity contribution in [1.29, 1.82) is 0 Å². The summed E-state index contributed by atoms with van der Waals surface area (Å²) < 4.78 is 21.8. The molecule has 1 rings (SSSR count). The largest absolute Gasteiger partial charge is 0.343 e. The summed E-state index contributed by atoms with van der Waals surface area (Å²) in [6.45, 7) is 0.264. The van der Waals surface area contributed by atoms with E-state index in [1.165, 1.54) is 11.2 Å². The van der Waals surface area contributed by atoms with Crippen LogP contribution < -0.4 is 5.32 Å². The lowest BCUT2D eigenvalue weighted by Crippen LogP contribution is -2.44. The maximum Gasteiger partial charge on any atom is 0.240 e. The first-order chi connectivity index (χ1) is 6.90. The minimum Gasteiger partial charge on any atom is -0.343 e. The Morgan fingerprint density at radius 1 is 1.56 bits per heavy atom. The molecule has 1 N–H and O–H groups in total. The van der Waals surface area contributed by atoms with E-state index in [2.05, 4.69) is 5.32 Å². The van der Waals surface area contributed by atoms with Gasteiger partial charge in [-0.25, -0.2) is 8.42 Å². The average Bonchev–Trinajstić information content (AvgIpc) is 2.64. The Balaban J connectivity index is 0.00000225. The van der Waals surface area contributed by atoms with Gasteiger partial charge in [0.05, 0.1) is 11.8 Å². The number of hydrogen-bond acceptors (Lipinski definition) is 5. The molecule has 0 aromatic heterocycles. The highest BCUT2D eigenvalue weighted by Gasteiger charge is 2.25. The fraction of sp³-hybridized carbons (Fsp3) is 0.875. The molecule has 0 saturated carbocycles. The van der Waals surface area contributed by atoms with Crippen LogP contribution in [-0.4, -0.2) is 62.5 Å². The summed E-state index contributed by atoms with van der Waals surface area (Å²) in [5.41, 5.74) is 0. The van der Waals surface area contributed by atoms with Gasteiger partial charge in [-0.3, -0.25) is 10.1 Å². The lowest BCUT2D eigenvalue weighted by Gasteiger charge is -2.20. The van der Waals surface area contributed by atoms with Crippen LogP contribution >= 0.6 is 24.2 Å². The molecule has 0 aromatic carbocycles. The number of nitrogens with zero attached hydrogens (tertiary/aromatic N) is 1. The molecule has 1 aliphatic heterocycles. The molecule has 1 fully saturated rings. The third-order valence-electron chi connectivity index (χ3n) is 2.19. The standard InChI is InChI=1S/C8H16N2O3S2.ClH/c1-10(3-4-15(2,12)13)8(11)7-5-14-6-9-7;/h7,9H,3-6H2,1-2H3;1H. The molecule has 1 saturated heterocycles. The third-order valence-corrected chi connectivity index (χ3v) is 4.05. The summed E-state index contributed by atoms with van der Waals surface area (Å²) in [4.78, 5) is 13.2. The maximum absolute atomic E-state index is 11.7. The first-order valence-electron chi connectivity index (χ1n) is 4.64. The fourth-order valence-electron chi connectivity index (χ4n) is 1.23. The van der Waals surface area contributed by atoms with Crippen molar-refractivity contribution in [2.24, 2.45) is 0 Å². The number of hydrogen-bond donors (Lipinski definition) is 1. The van der Waals surface area contributed by atoms with Gasteiger partial charge in [0.25, 0.3) is 0 Å². The fourth-order valence-corrected chi connectivity index (χ4v) is 2.77. The molecule has 0 bridgehead atoms. The van der Waals surface area contributed by atoms with Crippen LogP contribution in [0.2, 0.25) is 0 Å². The summed E-state index contributed by atoms with van der Waals surface area (Å²) >= 11 is 1.67. The normalized spacial score (nSPS) is 20.2. The van der Waals surface area contributed by atoms with Gasteiger partial charge in [-0.15, -0.1) is 24.2 Å². The Morgan fingerprint density at radius 3 is 2.62 bits per heavy atom. The van der Waals surface area contributed by atoms with Crippen LogP contribution in [0.4, 0.5) is 0 Å². The molecule has 1 heterocycles. The number of carbonyl (C=O) groups excluding carboxylic acids is 1. The number of sulfone groups is 1. The number of carbonyl (C=O) groups is 1. The highest BCUT2D eigenvalue weighted by Crippen LogP contribution is 2.11. The van der Waals surface area contributed by atoms with Gasteiger partial charge in [0.15, 0.2) is 0 Å². The summed E-state index contributed by atoms with van der Waals surface area (Å²) in [5.74, 6) is 1.55. The number of rotatable bonds is 4. The molecule has 96 valence electrons. The van der Waals surface area contributed by atoms with Gasteiger partial charge in [0.2, 0.25) is 5.91 Å². The van der Waals surface area contributed by atoms with Gasteiger partial charge in [-0.1, -0.05) is 0 Å². The lowest BCUT2D eigenvalue weighted by molar-refractivity contribution is -0.131. The van der Waals surface area contributed by atoms with E-state index in [0.29, 0.717) is 0 Å². The maximum atomic E-state index is 11.7. The van der Waals surface area contributed by atoms with Crippen LogP contribution in [0.3, 0.4) is 0 Å². The topological polar surface area (TPSA) is 66.5 Å². The van der Waals surface area contributed by atoms with Crippen molar-refractivity contribution in [3.8, 4) is 0 Å². The third kappa shape index (κ3) is 5.38. The monoisotopic (exact) mass is 288 g/mol. The van der Waals surface area contributed by atoms with Crippen molar-refractivity contribution in [3.63, 3.8) is 0 Å². The molecule has 1 amide bonds. The SMILES string of the molecule is CN(CCS(C)(=O)=O)C(=O)C1CSCN1.Cl. The minimum atomic E-state index is -3.00. The van der Waals surface area contributed by atoms with E-state index in [1.807, 2.05) is 0 Å². The molecule has 8 heteroatoms.